The number of ether oxygens (including phenoxy) is 1. The second-order valence-corrected chi connectivity index (χ2v) is 12.0. The fraction of sp³-hybridized carbons (Fsp3) is 0.800. The third kappa shape index (κ3) is 3.37. The summed E-state index contributed by atoms with van der Waals surface area (Å²) in [5, 5.41) is 0.0955. The lowest BCUT2D eigenvalue weighted by molar-refractivity contribution is 0.147. The molecule has 1 amide bonds. The van der Waals surface area contributed by atoms with Crippen LogP contribution in [0.1, 0.15) is 41.5 Å². The molecule has 116 valence electrons. The zero-order valence-electron chi connectivity index (χ0n) is 14.1. The number of hydrogen-bond donors (Lipinski definition) is 0. The second kappa shape index (κ2) is 5.80. The van der Waals surface area contributed by atoms with Crippen molar-refractivity contribution in [2.75, 3.05) is 6.61 Å². The van der Waals surface area contributed by atoms with Crippen molar-refractivity contribution in [3.05, 3.63) is 12.0 Å². The van der Waals surface area contributed by atoms with E-state index in [1.165, 1.54) is 0 Å². The Morgan fingerprint density at radius 3 is 2.40 bits per heavy atom. The molecule has 5 heteroatoms. The molecule has 0 bridgehead atoms. The zero-order valence-corrected chi connectivity index (χ0v) is 15.1. The molecule has 0 aromatic carbocycles. The van der Waals surface area contributed by atoms with Gasteiger partial charge in [0.25, 0.3) is 8.32 Å². The average Bonchev–Trinajstić information content (AvgIpc) is 2.66. The molecule has 1 unspecified atom stereocenters. The predicted molar refractivity (Wildman–Crippen MR) is 83.9 cm³/mol. The number of cyclic esters (lactones) is 1. The molecule has 1 aliphatic rings. The largest absolute Gasteiger partial charge is 0.532 e. The molecule has 0 aromatic rings. The number of amides is 1. The Kier molecular flexibility index (Phi) is 4.95. The fourth-order valence-corrected chi connectivity index (χ4v) is 2.89. The van der Waals surface area contributed by atoms with Crippen LogP contribution in [0.2, 0.25) is 18.1 Å². The number of carbonyl (C=O) groups is 1. The summed E-state index contributed by atoms with van der Waals surface area (Å²) in [6.07, 6.45) is 1.58. The monoisotopic (exact) mass is 299 g/mol. The maximum absolute atomic E-state index is 12.0. The number of allylic oxidation sites excluding steroid dienone is 1. The highest BCUT2D eigenvalue weighted by Gasteiger charge is 2.44. The van der Waals surface area contributed by atoms with Crippen molar-refractivity contribution in [3.8, 4) is 0 Å². The summed E-state index contributed by atoms with van der Waals surface area (Å²) in [6, 6.07) is 0.0541. The van der Waals surface area contributed by atoms with E-state index in [9.17, 15) is 4.79 Å². The van der Waals surface area contributed by atoms with Crippen molar-refractivity contribution in [1.29, 1.82) is 0 Å². The Morgan fingerprint density at radius 2 is 2.00 bits per heavy atom. The number of hydrogen-bond acceptors (Lipinski definition) is 3. The first-order chi connectivity index (χ1) is 9.01. The summed E-state index contributed by atoms with van der Waals surface area (Å²) in [6.45, 7) is 17.5. The molecule has 0 spiro atoms. The molecular weight excluding hydrogens is 270 g/mol. The number of rotatable bonds is 4. The van der Waals surface area contributed by atoms with Crippen LogP contribution in [0, 0.1) is 5.92 Å². The number of nitrogens with zero attached hydrogens (tertiary/aromatic N) is 1. The quantitative estimate of drug-likeness (QED) is 0.572. The summed E-state index contributed by atoms with van der Waals surface area (Å²) < 4.78 is 11.5. The van der Waals surface area contributed by atoms with Gasteiger partial charge in [-0.2, -0.15) is 0 Å². The van der Waals surface area contributed by atoms with Crippen LogP contribution in [0.25, 0.3) is 0 Å². The minimum absolute atomic E-state index is 0.0541. The van der Waals surface area contributed by atoms with Gasteiger partial charge in [0.2, 0.25) is 0 Å². The first kappa shape index (κ1) is 17.1. The Bertz CT molecular complexity index is 396. The summed E-state index contributed by atoms with van der Waals surface area (Å²) in [5.41, 5.74) is 0. The normalized spacial score (nSPS) is 21.4. The van der Waals surface area contributed by atoms with Crippen LogP contribution in [0.4, 0.5) is 4.79 Å². The molecule has 1 rings (SSSR count). The van der Waals surface area contributed by atoms with E-state index in [0.29, 0.717) is 18.4 Å². The average molecular weight is 299 g/mol. The van der Waals surface area contributed by atoms with E-state index in [2.05, 4.69) is 47.7 Å². The van der Waals surface area contributed by atoms with E-state index >= 15 is 0 Å². The maximum atomic E-state index is 12.0. The van der Waals surface area contributed by atoms with Gasteiger partial charge in [-0.1, -0.05) is 34.6 Å². The molecule has 0 aliphatic carbocycles. The standard InChI is InChI=1S/C15H29NO3Si/c1-9-13(19-20(7,8)15(4,5)6)16-12(11(2)3)10-18-14(16)17/h9,11-12H,10H2,1-8H3/b13-9-. The zero-order chi connectivity index (χ0) is 15.7. The van der Waals surface area contributed by atoms with E-state index in [0.717, 1.165) is 0 Å². The van der Waals surface area contributed by atoms with Gasteiger partial charge in [-0.05, 0) is 37.0 Å². The van der Waals surface area contributed by atoms with Crippen LogP contribution in [-0.2, 0) is 9.16 Å². The van der Waals surface area contributed by atoms with Crippen molar-refractivity contribution >= 4 is 14.4 Å². The van der Waals surface area contributed by atoms with Gasteiger partial charge in [0, 0.05) is 0 Å². The van der Waals surface area contributed by atoms with Crippen molar-refractivity contribution in [2.45, 2.75) is 65.7 Å². The van der Waals surface area contributed by atoms with Crippen LogP contribution in [0.15, 0.2) is 12.0 Å². The van der Waals surface area contributed by atoms with Gasteiger partial charge in [-0.3, -0.25) is 0 Å². The lowest BCUT2D eigenvalue weighted by Crippen LogP contribution is -2.45. The summed E-state index contributed by atoms with van der Waals surface area (Å²) in [5.74, 6) is 0.984. The van der Waals surface area contributed by atoms with Gasteiger partial charge in [-0.15, -0.1) is 0 Å². The van der Waals surface area contributed by atoms with Gasteiger partial charge in [0.05, 0.1) is 6.04 Å². The predicted octanol–water partition coefficient (Wildman–Crippen LogP) is 4.35. The molecule has 4 nitrogen and oxygen atoms in total. The summed E-state index contributed by atoms with van der Waals surface area (Å²) in [7, 11) is -1.97. The van der Waals surface area contributed by atoms with Gasteiger partial charge in [0.15, 0.2) is 5.88 Å². The van der Waals surface area contributed by atoms with E-state index in [1.54, 1.807) is 4.90 Å². The Hall–Kier alpha value is -0.973. The molecule has 1 saturated heterocycles. The summed E-state index contributed by atoms with van der Waals surface area (Å²) >= 11 is 0. The highest BCUT2D eigenvalue weighted by molar-refractivity contribution is 6.74. The smallest absolute Gasteiger partial charge is 0.417 e. The van der Waals surface area contributed by atoms with E-state index in [4.69, 9.17) is 9.16 Å². The molecular formula is C15H29NO3Si. The van der Waals surface area contributed by atoms with Gasteiger partial charge in [0.1, 0.15) is 6.61 Å². The van der Waals surface area contributed by atoms with E-state index in [-0.39, 0.29) is 17.2 Å². The topological polar surface area (TPSA) is 38.8 Å². The first-order valence-electron chi connectivity index (χ1n) is 7.32. The van der Waals surface area contributed by atoms with Crippen LogP contribution in [-0.4, -0.2) is 32.0 Å². The molecule has 1 fully saturated rings. The molecule has 0 aromatic heterocycles. The van der Waals surface area contributed by atoms with Gasteiger partial charge < -0.3 is 9.16 Å². The molecule has 0 N–H and O–H groups in total. The molecule has 0 radical (unpaired) electrons. The third-order valence-corrected chi connectivity index (χ3v) is 8.66. The SMILES string of the molecule is C/C=C(\O[Si](C)(C)C(C)(C)C)N1C(=O)OCC1C(C)C. The minimum atomic E-state index is -1.97. The Balaban J connectivity index is 3.00. The lowest BCUT2D eigenvalue weighted by atomic mass is 10.1. The maximum Gasteiger partial charge on any atom is 0.417 e. The van der Waals surface area contributed by atoms with Crippen LogP contribution in [0.3, 0.4) is 0 Å². The molecule has 1 atom stereocenters. The lowest BCUT2D eigenvalue weighted by Gasteiger charge is -2.39. The number of carbonyl (C=O) groups excluding carboxylic acids is 1. The highest BCUT2D eigenvalue weighted by Crippen LogP contribution is 2.39. The van der Waals surface area contributed by atoms with Crippen molar-refractivity contribution in [1.82, 2.24) is 4.90 Å². The molecule has 0 saturated carbocycles. The van der Waals surface area contributed by atoms with Crippen molar-refractivity contribution in [3.63, 3.8) is 0 Å². The minimum Gasteiger partial charge on any atom is -0.532 e. The summed E-state index contributed by atoms with van der Waals surface area (Å²) in [4.78, 5) is 13.7. The molecule has 1 aliphatic heterocycles. The van der Waals surface area contributed by atoms with Crippen LogP contribution < -0.4 is 0 Å². The Labute approximate surface area is 124 Å². The van der Waals surface area contributed by atoms with Gasteiger partial charge >= 0.3 is 6.09 Å². The van der Waals surface area contributed by atoms with Crippen LogP contribution in [0.5, 0.6) is 0 Å². The van der Waals surface area contributed by atoms with E-state index in [1.807, 2.05) is 13.0 Å². The molecule has 1 heterocycles. The van der Waals surface area contributed by atoms with Crippen LogP contribution >= 0.6 is 0 Å². The molecule has 20 heavy (non-hydrogen) atoms. The van der Waals surface area contributed by atoms with Crippen molar-refractivity contribution < 1.29 is 14.0 Å². The second-order valence-electron chi connectivity index (χ2n) is 7.25. The Morgan fingerprint density at radius 1 is 1.45 bits per heavy atom. The van der Waals surface area contributed by atoms with Crippen molar-refractivity contribution in [2.24, 2.45) is 5.92 Å². The first-order valence-corrected chi connectivity index (χ1v) is 10.2. The fourth-order valence-electron chi connectivity index (χ4n) is 1.84. The third-order valence-electron chi connectivity index (χ3n) is 4.33. The highest BCUT2D eigenvalue weighted by atomic mass is 28.4. The van der Waals surface area contributed by atoms with Gasteiger partial charge in [-0.25, -0.2) is 9.69 Å². The van der Waals surface area contributed by atoms with E-state index < -0.39 is 8.32 Å².